The van der Waals surface area contributed by atoms with Crippen molar-refractivity contribution in [2.45, 2.75) is 6.92 Å². The van der Waals surface area contributed by atoms with Gasteiger partial charge in [-0.1, -0.05) is 6.07 Å². The van der Waals surface area contributed by atoms with Gasteiger partial charge in [0.05, 0.1) is 18.7 Å². The van der Waals surface area contributed by atoms with Gasteiger partial charge in [-0.2, -0.15) is 10.2 Å². The van der Waals surface area contributed by atoms with Crippen LogP contribution in [0.1, 0.15) is 11.1 Å². The zero-order valence-corrected chi connectivity index (χ0v) is 11.0. The molecule has 0 amide bonds. The van der Waals surface area contributed by atoms with Crippen LogP contribution in [0.2, 0.25) is 0 Å². The first-order valence-corrected chi connectivity index (χ1v) is 5.73. The van der Waals surface area contributed by atoms with Crippen molar-refractivity contribution in [2.24, 2.45) is 5.84 Å². The number of methoxy groups -OCH3 is 1. The Morgan fingerprint density at radius 2 is 2.15 bits per heavy atom. The van der Waals surface area contributed by atoms with Gasteiger partial charge in [0.1, 0.15) is 12.1 Å². The number of nitrogens with one attached hydrogen (secondary N) is 1. The molecule has 0 bridgehead atoms. The fourth-order valence-corrected chi connectivity index (χ4v) is 1.60. The van der Waals surface area contributed by atoms with E-state index >= 15 is 0 Å². The molecule has 0 atom stereocenters. The number of aromatic nitrogens is 2. The normalized spacial score (nSPS) is 9.70. The standard InChI is InChI=1S/C13H13N5O2/c1-8-3-4-9(6-14)5-10(8)20-13-11(19-2)12(18-15)16-7-17-13/h3-5,7H,15H2,1-2H3,(H,16,17,18). The minimum absolute atomic E-state index is 0.216. The molecule has 0 aliphatic rings. The fourth-order valence-electron chi connectivity index (χ4n) is 1.60. The second-order valence-electron chi connectivity index (χ2n) is 3.90. The number of hydrogen-bond acceptors (Lipinski definition) is 7. The van der Waals surface area contributed by atoms with Gasteiger partial charge in [0, 0.05) is 0 Å². The van der Waals surface area contributed by atoms with Crippen LogP contribution in [0.4, 0.5) is 5.82 Å². The Bertz CT molecular complexity index is 666. The van der Waals surface area contributed by atoms with Gasteiger partial charge in [-0.3, -0.25) is 0 Å². The number of nitrogens with two attached hydrogens (primary N) is 1. The highest BCUT2D eigenvalue weighted by atomic mass is 16.5. The molecule has 7 heteroatoms. The number of benzene rings is 1. The molecule has 0 radical (unpaired) electrons. The zero-order valence-electron chi connectivity index (χ0n) is 11.0. The number of hydrazine groups is 1. The van der Waals surface area contributed by atoms with Gasteiger partial charge in [0.15, 0.2) is 5.82 Å². The lowest BCUT2D eigenvalue weighted by Gasteiger charge is -2.12. The number of aryl methyl sites for hydroxylation is 1. The van der Waals surface area contributed by atoms with Gasteiger partial charge < -0.3 is 14.9 Å². The Balaban J connectivity index is 2.42. The Labute approximate surface area is 116 Å². The Kier molecular flexibility index (Phi) is 3.98. The summed E-state index contributed by atoms with van der Waals surface area (Å²) in [5.74, 6) is 6.68. The third-order valence-corrected chi connectivity index (χ3v) is 2.64. The SMILES string of the molecule is COc1c(NN)ncnc1Oc1cc(C#N)ccc1C. The summed E-state index contributed by atoms with van der Waals surface area (Å²) in [5, 5.41) is 8.92. The summed E-state index contributed by atoms with van der Waals surface area (Å²) in [6.45, 7) is 1.87. The number of nitrogen functional groups attached to an aromatic ring is 1. The lowest BCUT2D eigenvalue weighted by molar-refractivity contribution is 0.368. The van der Waals surface area contributed by atoms with Crippen molar-refractivity contribution in [3.05, 3.63) is 35.7 Å². The van der Waals surface area contributed by atoms with Crippen LogP contribution in [0.25, 0.3) is 0 Å². The summed E-state index contributed by atoms with van der Waals surface area (Å²) in [5.41, 5.74) is 3.77. The van der Waals surface area contributed by atoms with Gasteiger partial charge >= 0.3 is 0 Å². The minimum atomic E-state index is 0.216. The molecule has 0 aliphatic carbocycles. The van der Waals surface area contributed by atoms with Gasteiger partial charge in [-0.05, 0) is 24.6 Å². The van der Waals surface area contributed by atoms with E-state index in [0.717, 1.165) is 5.56 Å². The van der Waals surface area contributed by atoms with Crippen LogP contribution in [-0.2, 0) is 0 Å². The van der Waals surface area contributed by atoms with Crippen molar-refractivity contribution in [3.63, 3.8) is 0 Å². The average molecular weight is 271 g/mol. The molecule has 1 aromatic heterocycles. The van der Waals surface area contributed by atoms with Crippen molar-refractivity contribution in [1.29, 1.82) is 5.26 Å². The smallest absolute Gasteiger partial charge is 0.268 e. The van der Waals surface area contributed by atoms with Gasteiger partial charge in [0.2, 0.25) is 5.75 Å². The highest BCUT2D eigenvalue weighted by Crippen LogP contribution is 2.34. The van der Waals surface area contributed by atoms with Crippen molar-refractivity contribution < 1.29 is 9.47 Å². The number of anilines is 1. The Morgan fingerprint density at radius 3 is 2.80 bits per heavy atom. The topological polar surface area (TPSA) is 106 Å². The first kappa shape index (κ1) is 13.6. The maximum atomic E-state index is 8.92. The van der Waals surface area contributed by atoms with E-state index in [4.69, 9.17) is 20.6 Å². The Hall–Kier alpha value is -2.85. The monoisotopic (exact) mass is 271 g/mol. The van der Waals surface area contributed by atoms with Crippen LogP contribution < -0.4 is 20.7 Å². The molecule has 0 saturated heterocycles. The van der Waals surface area contributed by atoms with E-state index in [-0.39, 0.29) is 11.6 Å². The fraction of sp³-hybridized carbons (Fsp3) is 0.154. The molecule has 7 nitrogen and oxygen atoms in total. The second kappa shape index (κ2) is 5.86. The molecule has 0 unspecified atom stereocenters. The van der Waals surface area contributed by atoms with E-state index in [1.165, 1.54) is 13.4 Å². The van der Waals surface area contributed by atoms with E-state index in [1.54, 1.807) is 18.2 Å². The average Bonchev–Trinajstić information content (AvgIpc) is 2.49. The molecule has 1 aromatic carbocycles. The van der Waals surface area contributed by atoms with Crippen molar-refractivity contribution in [1.82, 2.24) is 9.97 Å². The first-order valence-electron chi connectivity index (χ1n) is 5.73. The summed E-state index contributed by atoms with van der Waals surface area (Å²) in [6, 6.07) is 7.20. The zero-order chi connectivity index (χ0) is 14.5. The summed E-state index contributed by atoms with van der Waals surface area (Å²) >= 11 is 0. The molecule has 0 saturated carbocycles. The van der Waals surface area contributed by atoms with Crippen molar-refractivity contribution in [2.75, 3.05) is 12.5 Å². The van der Waals surface area contributed by atoms with Crippen LogP contribution in [0.15, 0.2) is 24.5 Å². The summed E-state index contributed by atoms with van der Waals surface area (Å²) in [4.78, 5) is 7.94. The van der Waals surface area contributed by atoms with Crippen molar-refractivity contribution in [3.8, 4) is 23.4 Å². The molecular weight excluding hydrogens is 258 g/mol. The van der Waals surface area contributed by atoms with Crippen LogP contribution in [0.5, 0.6) is 17.4 Å². The molecule has 102 valence electrons. The predicted molar refractivity (Wildman–Crippen MR) is 72.4 cm³/mol. The largest absolute Gasteiger partial charge is 0.489 e. The quantitative estimate of drug-likeness (QED) is 0.644. The van der Waals surface area contributed by atoms with E-state index in [1.807, 2.05) is 6.92 Å². The first-order chi connectivity index (χ1) is 9.69. The summed E-state index contributed by atoms with van der Waals surface area (Å²) < 4.78 is 10.9. The number of ether oxygens (including phenoxy) is 2. The highest BCUT2D eigenvalue weighted by molar-refractivity contribution is 5.55. The number of nitriles is 1. The molecular formula is C13H13N5O2. The van der Waals surface area contributed by atoms with E-state index < -0.39 is 0 Å². The molecule has 2 rings (SSSR count). The molecule has 1 heterocycles. The molecule has 2 aromatic rings. The van der Waals surface area contributed by atoms with Gasteiger partial charge in [-0.25, -0.2) is 10.8 Å². The number of nitrogens with zero attached hydrogens (tertiary/aromatic N) is 3. The van der Waals surface area contributed by atoms with E-state index in [9.17, 15) is 0 Å². The summed E-state index contributed by atoms with van der Waals surface area (Å²) in [6.07, 6.45) is 1.30. The predicted octanol–water partition coefficient (Wildman–Crippen LogP) is 1.74. The second-order valence-corrected chi connectivity index (χ2v) is 3.90. The molecule has 3 N–H and O–H groups in total. The third kappa shape index (κ3) is 2.60. The van der Waals surface area contributed by atoms with Crippen LogP contribution in [0, 0.1) is 18.3 Å². The number of rotatable bonds is 4. The van der Waals surface area contributed by atoms with Crippen LogP contribution in [0.3, 0.4) is 0 Å². The van der Waals surface area contributed by atoms with Gasteiger partial charge in [0.25, 0.3) is 5.88 Å². The Morgan fingerprint density at radius 1 is 1.35 bits per heavy atom. The van der Waals surface area contributed by atoms with Crippen LogP contribution in [-0.4, -0.2) is 17.1 Å². The molecule has 20 heavy (non-hydrogen) atoms. The molecule has 0 aliphatic heterocycles. The van der Waals surface area contributed by atoms with E-state index in [2.05, 4.69) is 21.5 Å². The lowest BCUT2D eigenvalue weighted by atomic mass is 10.1. The van der Waals surface area contributed by atoms with Crippen molar-refractivity contribution >= 4 is 5.82 Å². The van der Waals surface area contributed by atoms with Crippen LogP contribution >= 0.6 is 0 Å². The molecule has 0 spiro atoms. The molecule has 0 fully saturated rings. The maximum absolute atomic E-state index is 8.92. The summed E-state index contributed by atoms with van der Waals surface area (Å²) in [7, 11) is 1.46. The maximum Gasteiger partial charge on any atom is 0.268 e. The van der Waals surface area contributed by atoms with E-state index in [0.29, 0.717) is 17.1 Å². The minimum Gasteiger partial charge on any atom is -0.489 e. The highest BCUT2D eigenvalue weighted by Gasteiger charge is 2.14. The van der Waals surface area contributed by atoms with Gasteiger partial charge in [-0.15, -0.1) is 0 Å². The third-order valence-electron chi connectivity index (χ3n) is 2.64. The number of hydrogen-bond donors (Lipinski definition) is 2. The lowest BCUT2D eigenvalue weighted by Crippen LogP contribution is -2.11.